The third-order valence-electron chi connectivity index (χ3n) is 5.61. The topological polar surface area (TPSA) is 110 Å². The number of fused-ring (bicyclic) bond motifs is 1. The monoisotopic (exact) mass is 436 g/mol. The summed E-state index contributed by atoms with van der Waals surface area (Å²) < 4.78 is 30.1. The molecule has 0 aliphatic carbocycles. The predicted octanol–water partition coefficient (Wildman–Crippen LogP) is 0.790. The molecule has 0 spiro atoms. The van der Waals surface area contributed by atoms with E-state index in [1.165, 1.54) is 29.8 Å². The first-order valence-electron chi connectivity index (χ1n) is 10.2. The Labute approximate surface area is 175 Å². The Kier molecular flexibility index (Phi) is 6.47. The van der Waals surface area contributed by atoms with Crippen molar-refractivity contribution in [3.63, 3.8) is 0 Å². The number of amides is 1. The summed E-state index contributed by atoms with van der Waals surface area (Å²) in [4.78, 5) is 39.7. The average molecular weight is 437 g/mol. The third kappa shape index (κ3) is 4.34. The Morgan fingerprint density at radius 1 is 1.20 bits per heavy atom. The van der Waals surface area contributed by atoms with E-state index in [1.807, 2.05) is 6.92 Å². The lowest BCUT2D eigenvalue weighted by Crippen LogP contribution is -2.40. The number of hydrogen-bond donors (Lipinski definition) is 1. The van der Waals surface area contributed by atoms with Crippen LogP contribution in [0.4, 0.5) is 0 Å². The van der Waals surface area contributed by atoms with Crippen molar-refractivity contribution < 1.29 is 13.2 Å². The minimum atomic E-state index is -3.80. The normalized spacial score (nSPS) is 15.6. The molecule has 1 saturated heterocycles. The number of aryl methyl sites for hydroxylation is 1. The number of nitrogens with zero attached hydrogens (tertiary/aromatic N) is 3. The van der Waals surface area contributed by atoms with E-state index < -0.39 is 21.3 Å². The first kappa shape index (κ1) is 22.2. The van der Waals surface area contributed by atoms with Gasteiger partial charge in [-0.2, -0.15) is 0 Å². The molecular formula is C20H28N4O5S. The molecule has 1 amide bonds. The summed E-state index contributed by atoms with van der Waals surface area (Å²) in [6.07, 6.45) is 2.60. The van der Waals surface area contributed by atoms with Gasteiger partial charge in [0.05, 0.1) is 15.8 Å². The van der Waals surface area contributed by atoms with Crippen LogP contribution in [0.2, 0.25) is 0 Å². The summed E-state index contributed by atoms with van der Waals surface area (Å²) in [5.74, 6) is -0.0874. The van der Waals surface area contributed by atoms with Crippen LogP contribution in [0.1, 0.15) is 39.5 Å². The number of nitrogens with one attached hydrogen (secondary N) is 1. The van der Waals surface area contributed by atoms with E-state index in [0.717, 1.165) is 17.4 Å². The van der Waals surface area contributed by atoms with Gasteiger partial charge < -0.3 is 4.90 Å². The highest BCUT2D eigenvalue weighted by Crippen LogP contribution is 2.16. The zero-order valence-electron chi connectivity index (χ0n) is 17.6. The number of carbonyl (C=O) groups excluding carboxylic acids is 1. The van der Waals surface area contributed by atoms with Crippen molar-refractivity contribution in [2.45, 2.75) is 57.0 Å². The Balaban J connectivity index is 1.99. The fraction of sp³-hybridized carbons (Fsp3) is 0.550. The van der Waals surface area contributed by atoms with Gasteiger partial charge in [0.1, 0.15) is 0 Å². The van der Waals surface area contributed by atoms with Gasteiger partial charge in [-0.1, -0.05) is 6.92 Å². The molecule has 0 radical (unpaired) electrons. The standard InChI is InChI=1S/C20H28N4O5S/c1-4-14(2)21-30(28,29)15-7-8-17-16(13-15)19(26)24(20(27)22(17)3)12-9-18(25)23-10-5-6-11-23/h7-8,13-14,21H,4-6,9-12H2,1-3H3. The van der Waals surface area contributed by atoms with Gasteiger partial charge in [-0.05, 0) is 44.4 Å². The average Bonchev–Trinajstić information content (AvgIpc) is 3.26. The molecule has 1 N–H and O–H groups in total. The van der Waals surface area contributed by atoms with Crippen LogP contribution in [0.15, 0.2) is 32.7 Å². The summed E-state index contributed by atoms with van der Waals surface area (Å²) >= 11 is 0. The molecule has 2 aromatic rings. The molecule has 0 bridgehead atoms. The van der Waals surface area contributed by atoms with E-state index in [0.29, 0.717) is 25.0 Å². The van der Waals surface area contributed by atoms with Crippen molar-refractivity contribution in [1.82, 2.24) is 18.8 Å². The maximum atomic E-state index is 13.0. The molecule has 0 saturated carbocycles. The molecule has 1 aliphatic heterocycles. The molecule has 3 rings (SSSR count). The van der Waals surface area contributed by atoms with Gasteiger partial charge in [0, 0.05) is 39.1 Å². The number of benzene rings is 1. The van der Waals surface area contributed by atoms with Crippen LogP contribution < -0.4 is 16.0 Å². The number of sulfonamides is 1. The van der Waals surface area contributed by atoms with Crippen LogP contribution in [0.3, 0.4) is 0 Å². The smallest absolute Gasteiger partial charge is 0.331 e. The second-order valence-electron chi connectivity index (χ2n) is 7.75. The van der Waals surface area contributed by atoms with E-state index in [2.05, 4.69) is 4.72 Å². The van der Waals surface area contributed by atoms with Crippen molar-refractivity contribution >= 4 is 26.8 Å². The Hall–Kier alpha value is -2.46. The van der Waals surface area contributed by atoms with Crippen LogP contribution in [0.5, 0.6) is 0 Å². The van der Waals surface area contributed by atoms with Gasteiger partial charge in [-0.25, -0.2) is 17.9 Å². The highest BCUT2D eigenvalue weighted by Gasteiger charge is 2.21. The van der Waals surface area contributed by atoms with Gasteiger partial charge >= 0.3 is 5.69 Å². The Morgan fingerprint density at radius 3 is 2.50 bits per heavy atom. The molecule has 1 fully saturated rings. The molecule has 1 aliphatic rings. The summed E-state index contributed by atoms with van der Waals surface area (Å²) in [6.45, 7) is 4.98. The number of likely N-dealkylation sites (tertiary alicyclic amines) is 1. The zero-order valence-corrected chi connectivity index (χ0v) is 18.4. The van der Waals surface area contributed by atoms with Gasteiger partial charge in [0.25, 0.3) is 5.56 Å². The molecule has 1 unspecified atom stereocenters. The lowest BCUT2D eigenvalue weighted by Gasteiger charge is -2.16. The number of carbonyl (C=O) groups is 1. The van der Waals surface area contributed by atoms with Gasteiger partial charge in [-0.15, -0.1) is 0 Å². The van der Waals surface area contributed by atoms with E-state index in [1.54, 1.807) is 11.8 Å². The van der Waals surface area contributed by atoms with Gasteiger partial charge in [0.15, 0.2) is 0 Å². The summed E-state index contributed by atoms with van der Waals surface area (Å²) in [7, 11) is -2.28. The molecule has 1 aromatic carbocycles. The SMILES string of the molecule is CCC(C)NS(=O)(=O)c1ccc2c(c1)c(=O)n(CCC(=O)N1CCCC1)c(=O)n2C. The lowest BCUT2D eigenvalue weighted by molar-refractivity contribution is -0.130. The highest BCUT2D eigenvalue weighted by molar-refractivity contribution is 7.89. The molecule has 30 heavy (non-hydrogen) atoms. The molecule has 1 atom stereocenters. The first-order valence-corrected chi connectivity index (χ1v) is 11.7. The van der Waals surface area contributed by atoms with Crippen molar-refractivity contribution in [3.8, 4) is 0 Å². The zero-order chi connectivity index (χ0) is 22.1. The van der Waals surface area contributed by atoms with Crippen LogP contribution in [-0.4, -0.2) is 47.5 Å². The first-order chi connectivity index (χ1) is 14.2. The highest BCUT2D eigenvalue weighted by atomic mass is 32.2. The maximum absolute atomic E-state index is 13.0. The van der Waals surface area contributed by atoms with Crippen LogP contribution in [-0.2, 0) is 28.4 Å². The van der Waals surface area contributed by atoms with Crippen LogP contribution in [0.25, 0.3) is 10.9 Å². The van der Waals surface area contributed by atoms with Gasteiger partial charge in [-0.3, -0.25) is 18.7 Å². The molecule has 2 heterocycles. The van der Waals surface area contributed by atoms with E-state index in [-0.39, 0.29) is 35.2 Å². The largest absolute Gasteiger partial charge is 0.343 e. The van der Waals surface area contributed by atoms with E-state index in [9.17, 15) is 22.8 Å². The number of aromatic nitrogens is 2. The van der Waals surface area contributed by atoms with E-state index >= 15 is 0 Å². The Morgan fingerprint density at radius 2 is 1.87 bits per heavy atom. The molecule has 164 valence electrons. The van der Waals surface area contributed by atoms with Crippen LogP contribution >= 0.6 is 0 Å². The molecule has 10 heteroatoms. The third-order valence-corrected chi connectivity index (χ3v) is 7.20. The molecule has 1 aromatic heterocycles. The minimum Gasteiger partial charge on any atom is -0.343 e. The van der Waals surface area contributed by atoms with Crippen molar-refractivity contribution in [1.29, 1.82) is 0 Å². The number of rotatable bonds is 7. The second-order valence-corrected chi connectivity index (χ2v) is 9.46. The van der Waals surface area contributed by atoms with Crippen LogP contribution in [0, 0.1) is 0 Å². The van der Waals surface area contributed by atoms with E-state index in [4.69, 9.17) is 0 Å². The van der Waals surface area contributed by atoms with Gasteiger partial charge in [0.2, 0.25) is 15.9 Å². The maximum Gasteiger partial charge on any atom is 0.331 e. The summed E-state index contributed by atoms with van der Waals surface area (Å²) in [5.41, 5.74) is -0.785. The summed E-state index contributed by atoms with van der Waals surface area (Å²) in [5, 5.41) is 0.123. The predicted molar refractivity (Wildman–Crippen MR) is 114 cm³/mol. The fourth-order valence-electron chi connectivity index (χ4n) is 3.61. The van der Waals surface area contributed by atoms with Crippen molar-refractivity contribution in [3.05, 3.63) is 39.0 Å². The minimum absolute atomic E-state index is 0.0363. The summed E-state index contributed by atoms with van der Waals surface area (Å²) in [6, 6.07) is 3.88. The number of hydrogen-bond acceptors (Lipinski definition) is 5. The fourth-order valence-corrected chi connectivity index (χ4v) is 4.96. The molecular weight excluding hydrogens is 408 g/mol. The lowest BCUT2D eigenvalue weighted by atomic mass is 10.2. The van der Waals surface area contributed by atoms with Crippen molar-refractivity contribution in [2.75, 3.05) is 13.1 Å². The molecule has 9 nitrogen and oxygen atoms in total. The van der Waals surface area contributed by atoms with Crippen molar-refractivity contribution in [2.24, 2.45) is 7.05 Å². The quantitative estimate of drug-likeness (QED) is 0.690. The second kappa shape index (κ2) is 8.73. The Bertz CT molecular complexity index is 1180.